The number of anilines is 2. The van der Waals surface area contributed by atoms with E-state index in [-0.39, 0.29) is 13.0 Å². The first-order valence-electron chi connectivity index (χ1n) is 8.00. The summed E-state index contributed by atoms with van der Waals surface area (Å²) in [4.78, 5) is 24.9. The third-order valence-corrected chi connectivity index (χ3v) is 3.78. The maximum atomic E-state index is 13.9. The third kappa shape index (κ3) is 4.56. The van der Waals surface area contributed by atoms with Crippen molar-refractivity contribution in [1.82, 2.24) is 0 Å². The largest absolute Gasteiger partial charge is 0.495 e. The van der Waals surface area contributed by atoms with Crippen LogP contribution in [0.4, 0.5) is 20.2 Å². The highest BCUT2D eigenvalue weighted by atomic mass is 19.1. The maximum absolute atomic E-state index is 13.9. The van der Waals surface area contributed by atoms with Gasteiger partial charge >= 0.3 is 0 Å². The fourth-order valence-corrected chi connectivity index (χ4v) is 2.52. The zero-order chi connectivity index (χ0) is 19.3. The van der Waals surface area contributed by atoms with Crippen LogP contribution in [-0.2, 0) is 9.59 Å². The predicted octanol–water partition coefficient (Wildman–Crippen LogP) is 3.66. The molecule has 0 heterocycles. The molecule has 0 bridgehead atoms. The smallest absolute Gasteiger partial charge is 0.226 e. The minimum Gasteiger partial charge on any atom is -0.495 e. The molecule has 2 aromatic carbocycles. The topological polar surface area (TPSA) is 58.6 Å². The van der Waals surface area contributed by atoms with E-state index in [4.69, 9.17) is 4.74 Å². The number of nitrogens with zero attached hydrogens (tertiary/aromatic N) is 1. The molecule has 0 aliphatic heterocycles. The Bertz CT molecular complexity index is 804. The van der Waals surface area contributed by atoms with Gasteiger partial charge in [0.1, 0.15) is 23.1 Å². The first-order valence-corrected chi connectivity index (χ1v) is 8.00. The first-order chi connectivity index (χ1) is 12.3. The molecule has 26 heavy (non-hydrogen) atoms. The van der Waals surface area contributed by atoms with Gasteiger partial charge in [-0.2, -0.15) is 0 Å². The summed E-state index contributed by atoms with van der Waals surface area (Å²) in [6.07, 6.45) is -0.134. The molecule has 0 saturated heterocycles. The summed E-state index contributed by atoms with van der Waals surface area (Å²) < 4.78 is 33.0. The molecule has 7 heteroatoms. The van der Waals surface area contributed by atoms with Gasteiger partial charge in [-0.05, 0) is 36.8 Å². The van der Waals surface area contributed by atoms with Gasteiger partial charge < -0.3 is 15.0 Å². The van der Waals surface area contributed by atoms with Crippen molar-refractivity contribution in [3.05, 3.63) is 53.6 Å². The quantitative estimate of drug-likeness (QED) is 0.853. The minimum absolute atomic E-state index is 0.134. The molecule has 2 aromatic rings. The van der Waals surface area contributed by atoms with E-state index in [9.17, 15) is 18.4 Å². The fraction of sp³-hybridized carbons (Fsp3) is 0.263. The van der Waals surface area contributed by atoms with Gasteiger partial charge in [0.2, 0.25) is 11.8 Å². The van der Waals surface area contributed by atoms with Crippen molar-refractivity contribution in [2.75, 3.05) is 23.9 Å². The van der Waals surface area contributed by atoms with E-state index in [1.54, 1.807) is 12.1 Å². The lowest BCUT2D eigenvalue weighted by Crippen LogP contribution is -2.33. The number of rotatable bonds is 6. The molecular formula is C19H20F2N2O3. The number of carbonyl (C=O) groups excluding carboxylic acids is 2. The monoisotopic (exact) mass is 362 g/mol. The molecular weight excluding hydrogens is 342 g/mol. The highest BCUT2D eigenvalue weighted by Gasteiger charge is 2.21. The third-order valence-electron chi connectivity index (χ3n) is 3.78. The molecule has 2 amide bonds. The van der Waals surface area contributed by atoms with E-state index in [1.807, 2.05) is 13.0 Å². The second kappa shape index (κ2) is 8.42. The van der Waals surface area contributed by atoms with Crippen molar-refractivity contribution in [1.29, 1.82) is 0 Å². The summed E-state index contributed by atoms with van der Waals surface area (Å²) in [6.45, 7) is 2.90. The van der Waals surface area contributed by atoms with Crippen LogP contribution >= 0.6 is 0 Å². The van der Waals surface area contributed by atoms with Crippen LogP contribution in [0.25, 0.3) is 0 Å². The van der Waals surface area contributed by atoms with Crippen LogP contribution in [0.2, 0.25) is 0 Å². The van der Waals surface area contributed by atoms with Crippen LogP contribution in [0.1, 0.15) is 18.9 Å². The van der Waals surface area contributed by atoms with Crippen molar-refractivity contribution in [2.45, 2.75) is 20.3 Å². The summed E-state index contributed by atoms with van der Waals surface area (Å²) in [5.74, 6) is -2.19. The lowest BCUT2D eigenvalue weighted by Gasteiger charge is -2.22. The highest BCUT2D eigenvalue weighted by Crippen LogP contribution is 2.26. The van der Waals surface area contributed by atoms with E-state index < -0.39 is 29.1 Å². The predicted molar refractivity (Wildman–Crippen MR) is 95.4 cm³/mol. The van der Waals surface area contributed by atoms with Gasteiger partial charge in [0.05, 0.1) is 12.8 Å². The number of methoxy groups -OCH3 is 1. The standard InChI is InChI=1S/C19H20F2N2O3/c1-12-7-8-17(26-3)16(11-12)22-18(25)9-10-23(13(2)24)19-14(20)5-4-6-15(19)21/h4-8,11H,9-10H2,1-3H3,(H,22,25). The van der Waals surface area contributed by atoms with Crippen molar-refractivity contribution in [3.63, 3.8) is 0 Å². The second-order valence-electron chi connectivity index (χ2n) is 5.74. The van der Waals surface area contributed by atoms with Gasteiger partial charge in [0, 0.05) is 19.9 Å². The van der Waals surface area contributed by atoms with Crippen LogP contribution in [0.5, 0.6) is 5.75 Å². The van der Waals surface area contributed by atoms with Crippen molar-refractivity contribution in [2.24, 2.45) is 0 Å². The maximum Gasteiger partial charge on any atom is 0.226 e. The Labute approximate surface area is 150 Å². The number of amides is 2. The number of aryl methyl sites for hydroxylation is 1. The summed E-state index contributed by atoms with van der Waals surface area (Å²) in [5.41, 5.74) is 0.963. The number of hydrogen-bond donors (Lipinski definition) is 1. The van der Waals surface area contributed by atoms with Crippen molar-refractivity contribution >= 4 is 23.2 Å². The van der Waals surface area contributed by atoms with Crippen LogP contribution in [0.3, 0.4) is 0 Å². The molecule has 0 atom stereocenters. The molecule has 138 valence electrons. The lowest BCUT2D eigenvalue weighted by atomic mass is 10.2. The number of para-hydroxylation sites is 1. The lowest BCUT2D eigenvalue weighted by molar-refractivity contribution is -0.117. The molecule has 0 aliphatic carbocycles. The number of ether oxygens (including phenoxy) is 1. The van der Waals surface area contributed by atoms with Crippen molar-refractivity contribution in [3.8, 4) is 5.75 Å². The van der Waals surface area contributed by atoms with Gasteiger partial charge in [0.15, 0.2) is 0 Å². The number of nitrogens with one attached hydrogen (secondary N) is 1. The molecule has 1 N–H and O–H groups in total. The van der Waals surface area contributed by atoms with Gasteiger partial charge in [-0.3, -0.25) is 9.59 Å². The van der Waals surface area contributed by atoms with E-state index in [0.29, 0.717) is 11.4 Å². The fourth-order valence-electron chi connectivity index (χ4n) is 2.52. The second-order valence-corrected chi connectivity index (χ2v) is 5.74. The van der Waals surface area contributed by atoms with Crippen LogP contribution in [0.15, 0.2) is 36.4 Å². The molecule has 0 radical (unpaired) electrons. The Hall–Kier alpha value is -2.96. The van der Waals surface area contributed by atoms with E-state index in [2.05, 4.69) is 5.32 Å². The SMILES string of the molecule is COc1ccc(C)cc1NC(=O)CCN(C(C)=O)c1c(F)cccc1F. The Balaban J connectivity index is 2.12. The van der Waals surface area contributed by atoms with Gasteiger partial charge in [-0.15, -0.1) is 0 Å². The number of benzene rings is 2. The zero-order valence-electron chi connectivity index (χ0n) is 14.8. The molecule has 0 spiro atoms. The number of hydrogen-bond acceptors (Lipinski definition) is 3. The summed E-state index contributed by atoms with van der Waals surface area (Å²) in [7, 11) is 1.48. The normalized spacial score (nSPS) is 10.3. The van der Waals surface area contributed by atoms with Gasteiger partial charge in [-0.1, -0.05) is 12.1 Å². The summed E-state index contributed by atoms with van der Waals surface area (Å²) in [5, 5.41) is 2.69. The van der Waals surface area contributed by atoms with E-state index >= 15 is 0 Å². The number of carbonyl (C=O) groups is 2. The average Bonchev–Trinajstić information content (AvgIpc) is 2.57. The molecule has 2 rings (SSSR count). The van der Waals surface area contributed by atoms with E-state index in [0.717, 1.165) is 22.6 Å². The van der Waals surface area contributed by atoms with Crippen molar-refractivity contribution < 1.29 is 23.1 Å². The molecule has 0 fully saturated rings. The summed E-state index contributed by atoms with van der Waals surface area (Å²) >= 11 is 0. The average molecular weight is 362 g/mol. The molecule has 0 aliphatic rings. The summed E-state index contributed by atoms with van der Waals surface area (Å²) in [6, 6.07) is 8.64. The first kappa shape index (κ1) is 19.4. The van der Waals surface area contributed by atoms with Crippen LogP contribution in [0, 0.1) is 18.6 Å². The number of halogens is 2. The minimum atomic E-state index is -0.860. The van der Waals surface area contributed by atoms with E-state index in [1.165, 1.54) is 20.1 Å². The Morgan fingerprint density at radius 1 is 1.15 bits per heavy atom. The Kier molecular flexibility index (Phi) is 6.27. The highest BCUT2D eigenvalue weighted by molar-refractivity contribution is 5.95. The molecule has 0 saturated carbocycles. The Morgan fingerprint density at radius 3 is 2.38 bits per heavy atom. The molecule has 0 unspecified atom stereocenters. The molecule has 0 aromatic heterocycles. The Morgan fingerprint density at radius 2 is 1.81 bits per heavy atom. The van der Waals surface area contributed by atoms with Crippen LogP contribution < -0.4 is 15.0 Å². The van der Waals surface area contributed by atoms with Crippen LogP contribution in [-0.4, -0.2) is 25.5 Å². The van der Waals surface area contributed by atoms with Gasteiger partial charge in [0.25, 0.3) is 0 Å². The zero-order valence-corrected chi connectivity index (χ0v) is 14.8. The molecule has 5 nitrogen and oxygen atoms in total. The van der Waals surface area contributed by atoms with Gasteiger partial charge in [-0.25, -0.2) is 8.78 Å².